The number of rotatable bonds is 7. The third-order valence-electron chi connectivity index (χ3n) is 1.97. The van der Waals surface area contributed by atoms with Crippen LogP contribution in [-0.2, 0) is 4.74 Å². The Hall–Kier alpha value is -0.680. The second-order valence-electron chi connectivity index (χ2n) is 3.21. The van der Waals surface area contributed by atoms with Crippen molar-refractivity contribution in [2.75, 3.05) is 25.6 Å². The molecule has 0 aliphatic heterocycles. The van der Waals surface area contributed by atoms with Gasteiger partial charge in [-0.1, -0.05) is 0 Å². The molecule has 1 N–H and O–H groups in total. The van der Waals surface area contributed by atoms with Crippen LogP contribution in [-0.4, -0.2) is 30.2 Å². The summed E-state index contributed by atoms with van der Waals surface area (Å²) in [5.41, 5.74) is 0. The van der Waals surface area contributed by atoms with E-state index in [0.717, 1.165) is 36.4 Å². The minimum Gasteiger partial charge on any atom is -0.385 e. The summed E-state index contributed by atoms with van der Waals surface area (Å²) < 4.78 is 5.78. The first-order chi connectivity index (χ1) is 7.33. The predicted octanol–water partition coefficient (Wildman–Crippen LogP) is 2.47. The molecule has 0 aromatic carbocycles. The van der Waals surface area contributed by atoms with Crippen LogP contribution in [0.2, 0.25) is 0 Å². The second-order valence-corrected chi connectivity index (χ2v) is 4.02. The maximum atomic E-state index is 4.98. The van der Waals surface area contributed by atoms with Crippen molar-refractivity contribution in [3.8, 4) is 0 Å². The highest BCUT2D eigenvalue weighted by molar-refractivity contribution is 9.10. The van der Waals surface area contributed by atoms with Gasteiger partial charge in [0.05, 0.1) is 0 Å². The number of nitrogens with zero attached hydrogens (tertiary/aromatic N) is 2. The van der Waals surface area contributed by atoms with Crippen LogP contribution in [0.4, 0.5) is 5.82 Å². The lowest BCUT2D eigenvalue weighted by Gasteiger charge is -2.04. The number of halogens is 1. The summed E-state index contributed by atoms with van der Waals surface area (Å²) in [7, 11) is 1.73. The van der Waals surface area contributed by atoms with Gasteiger partial charge >= 0.3 is 0 Å². The van der Waals surface area contributed by atoms with E-state index in [1.807, 2.05) is 6.07 Å². The van der Waals surface area contributed by atoms with E-state index in [9.17, 15) is 0 Å². The van der Waals surface area contributed by atoms with E-state index in [0.29, 0.717) is 0 Å². The zero-order valence-corrected chi connectivity index (χ0v) is 10.5. The molecule has 0 atom stereocenters. The van der Waals surface area contributed by atoms with Crippen molar-refractivity contribution in [3.05, 3.63) is 17.0 Å². The van der Waals surface area contributed by atoms with Crippen LogP contribution in [0, 0.1) is 0 Å². The summed E-state index contributed by atoms with van der Waals surface area (Å²) in [5.74, 6) is 0.864. The molecule has 15 heavy (non-hydrogen) atoms. The Balaban J connectivity index is 2.10. The van der Waals surface area contributed by atoms with E-state index < -0.39 is 0 Å². The zero-order chi connectivity index (χ0) is 10.9. The first kappa shape index (κ1) is 12.4. The molecule has 0 saturated carbocycles. The lowest BCUT2D eigenvalue weighted by Crippen LogP contribution is -2.03. The van der Waals surface area contributed by atoms with Crippen molar-refractivity contribution in [1.82, 2.24) is 9.97 Å². The first-order valence-corrected chi connectivity index (χ1v) is 5.82. The van der Waals surface area contributed by atoms with Crippen LogP contribution in [0.3, 0.4) is 0 Å². The Kier molecular flexibility index (Phi) is 6.27. The molecule has 1 aromatic rings. The van der Waals surface area contributed by atoms with Gasteiger partial charge in [0.1, 0.15) is 16.7 Å². The van der Waals surface area contributed by atoms with Crippen molar-refractivity contribution in [2.45, 2.75) is 19.3 Å². The maximum Gasteiger partial charge on any atom is 0.130 e. The Labute approximate surface area is 98.6 Å². The Morgan fingerprint density at radius 2 is 2.20 bits per heavy atom. The van der Waals surface area contributed by atoms with Crippen LogP contribution < -0.4 is 5.32 Å². The van der Waals surface area contributed by atoms with E-state index in [1.165, 1.54) is 12.7 Å². The number of hydrogen-bond donors (Lipinski definition) is 1. The molecule has 84 valence electrons. The largest absolute Gasteiger partial charge is 0.385 e. The van der Waals surface area contributed by atoms with Crippen molar-refractivity contribution < 1.29 is 4.74 Å². The standard InChI is InChI=1S/C10H16BrN3O/c1-15-6-4-2-3-5-12-10-7-9(11)13-8-14-10/h7-8H,2-6H2,1H3,(H,12,13,14). The number of aromatic nitrogens is 2. The number of ether oxygens (including phenoxy) is 1. The maximum absolute atomic E-state index is 4.98. The average molecular weight is 274 g/mol. The second kappa shape index (κ2) is 7.59. The van der Waals surface area contributed by atoms with Gasteiger partial charge in [0.25, 0.3) is 0 Å². The normalized spacial score (nSPS) is 10.3. The molecule has 0 saturated heterocycles. The van der Waals surface area contributed by atoms with Gasteiger partial charge < -0.3 is 10.1 Å². The molecule has 4 nitrogen and oxygen atoms in total. The number of hydrogen-bond acceptors (Lipinski definition) is 4. The van der Waals surface area contributed by atoms with Crippen molar-refractivity contribution >= 4 is 21.7 Å². The minimum absolute atomic E-state index is 0.805. The van der Waals surface area contributed by atoms with Crippen LogP contribution in [0.1, 0.15) is 19.3 Å². The Bertz CT molecular complexity index is 283. The monoisotopic (exact) mass is 273 g/mol. The molecule has 1 aromatic heterocycles. The fourth-order valence-corrected chi connectivity index (χ4v) is 1.50. The van der Waals surface area contributed by atoms with Gasteiger partial charge in [-0.05, 0) is 35.2 Å². The zero-order valence-electron chi connectivity index (χ0n) is 8.87. The van der Waals surface area contributed by atoms with Crippen LogP contribution in [0.5, 0.6) is 0 Å². The van der Waals surface area contributed by atoms with Crippen molar-refractivity contribution in [2.24, 2.45) is 0 Å². The molecule has 5 heteroatoms. The summed E-state index contributed by atoms with van der Waals surface area (Å²) in [6, 6.07) is 1.87. The molecule has 0 aliphatic rings. The molecule has 1 heterocycles. The van der Waals surface area contributed by atoms with E-state index in [4.69, 9.17) is 4.74 Å². The average Bonchev–Trinajstić information content (AvgIpc) is 2.23. The Morgan fingerprint density at radius 1 is 1.33 bits per heavy atom. The van der Waals surface area contributed by atoms with Crippen molar-refractivity contribution in [3.63, 3.8) is 0 Å². The van der Waals surface area contributed by atoms with Crippen molar-refractivity contribution in [1.29, 1.82) is 0 Å². The highest BCUT2D eigenvalue weighted by atomic mass is 79.9. The summed E-state index contributed by atoms with van der Waals surface area (Å²) in [6.07, 6.45) is 4.96. The smallest absolute Gasteiger partial charge is 0.130 e. The quantitative estimate of drug-likeness (QED) is 0.613. The van der Waals surface area contributed by atoms with E-state index in [1.54, 1.807) is 7.11 Å². The number of methoxy groups -OCH3 is 1. The molecule has 0 bridgehead atoms. The molecule has 0 spiro atoms. The first-order valence-electron chi connectivity index (χ1n) is 5.03. The lowest BCUT2D eigenvalue weighted by atomic mass is 10.2. The van der Waals surface area contributed by atoms with Gasteiger partial charge in [0.2, 0.25) is 0 Å². The topological polar surface area (TPSA) is 47.0 Å². The number of anilines is 1. The number of nitrogens with one attached hydrogen (secondary N) is 1. The SMILES string of the molecule is COCCCCCNc1cc(Br)ncn1. The highest BCUT2D eigenvalue weighted by Crippen LogP contribution is 2.09. The summed E-state index contributed by atoms with van der Waals surface area (Å²) in [6.45, 7) is 1.78. The molecule has 0 aliphatic carbocycles. The van der Waals surface area contributed by atoms with Crippen LogP contribution >= 0.6 is 15.9 Å². The molecular weight excluding hydrogens is 258 g/mol. The van der Waals surface area contributed by atoms with E-state index in [-0.39, 0.29) is 0 Å². The van der Waals surface area contributed by atoms with Crippen LogP contribution in [0.25, 0.3) is 0 Å². The van der Waals surface area contributed by atoms with Gasteiger partial charge in [0.15, 0.2) is 0 Å². The third kappa shape index (κ3) is 5.69. The molecule has 0 unspecified atom stereocenters. The van der Waals surface area contributed by atoms with Gasteiger partial charge in [-0.3, -0.25) is 0 Å². The third-order valence-corrected chi connectivity index (χ3v) is 2.40. The molecule has 0 amide bonds. The fourth-order valence-electron chi connectivity index (χ4n) is 1.19. The van der Waals surface area contributed by atoms with E-state index >= 15 is 0 Å². The number of unbranched alkanes of at least 4 members (excludes halogenated alkanes) is 2. The highest BCUT2D eigenvalue weighted by Gasteiger charge is 1.94. The summed E-state index contributed by atoms with van der Waals surface area (Å²) >= 11 is 3.30. The molecule has 0 fully saturated rings. The van der Waals surface area contributed by atoms with Gasteiger partial charge in [-0.15, -0.1) is 0 Å². The molecule has 0 radical (unpaired) electrons. The fraction of sp³-hybridized carbons (Fsp3) is 0.600. The molecule has 1 rings (SSSR count). The van der Waals surface area contributed by atoms with Crippen LogP contribution in [0.15, 0.2) is 17.0 Å². The minimum atomic E-state index is 0.805. The van der Waals surface area contributed by atoms with Gasteiger partial charge in [-0.25, -0.2) is 9.97 Å². The molecular formula is C10H16BrN3O. The van der Waals surface area contributed by atoms with Gasteiger partial charge in [-0.2, -0.15) is 0 Å². The predicted molar refractivity (Wildman–Crippen MR) is 63.9 cm³/mol. The Morgan fingerprint density at radius 3 is 2.93 bits per heavy atom. The summed E-state index contributed by atoms with van der Waals surface area (Å²) in [4.78, 5) is 8.05. The van der Waals surface area contributed by atoms with E-state index in [2.05, 4.69) is 31.2 Å². The lowest BCUT2D eigenvalue weighted by molar-refractivity contribution is 0.192. The summed E-state index contributed by atoms with van der Waals surface area (Å²) in [5, 5.41) is 3.24. The van der Waals surface area contributed by atoms with Gasteiger partial charge in [0, 0.05) is 26.3 Å².